The number of pyridine rings is 1. The van der Waals surface area contributed by atoms with Crippen LogP contribution in [-0.2, 0) is 21.5 Å². The summed E-state index contributed by atoms with van der Waals surface area (Å²) in [6.07, 6.45) is 26.1. The van der Waals surface area contributed by atoms with Crippen LogP contribution in [0.15, 0.2) is 90.6 Å². The molecule has 0 saturated carbocycles. The van der Waals surface area contributed by atoms with Crippen molar-refractivity contribution in [3.05, 3.63) is 136 Å². The molecule has 3 unspecified atom stereocenters. The van der Waals surface area contributed by atoms with Crippen LogP contribution in [0.4, 0.5) is 20.2 Å². The van der Waals surface area contributed by atoms with Crippen molar-refractivity contribution in [2.45, 2.75) is 239 Å². The van der Waals surface area contributed by atoms with Gasteiger partial charge >= 0.3 is 0 Å². The summed E-state index contributed by atoms with van der Waals surface area (Å²) in [7, 11) is 3.61. The Kier molecular flexibility index (Phi) is 35.7. The molecule has 2 aliphatic heterocycles. The number of aryl methyl sites for hydroxylation is 2. The van der Waals surface area contributed by atoms with Gasteiger partial charge in [0.25, 0.3) is 0 Å². The molecule has 2 aliphatic rings. The average Bonchev–Trinajstić information content (AvgIpc) is 3.59. The molecule has 3 atom stereocenters. The van der Waals surface area contributed by atoms with Gasteiger partial charge < -0.3 is 20.4 Å². The number of anilines is 2. The minimum atomic E-state index is -0.659. The van der Waals surface area contributed by atoms with Gasteiger partial charge in [0.1, 0.15) is 17.7 Å². The summed E-state index contributed by atoms with van der Waals surface area (Å²) < 4.78 is 27.9. The first-order valence-corrected chi connectivity index (χ1v) is 31.4. The van der Waals surface area contributed by atoms with Gasteiger partial charge in [0.15, 0.2) is 5.78 Å². The van der Waals surface area contributed by atoms with Crippen molar-refractivity contribution in [1.29, 1.82) is 0 Å². The van der Waals surface area contributed by atoms with Crippen molar-refractivity contribution in [3.8, 4) is 0 Å². The fourth-order valence-electron chi connectivity index (χ4n) is 10.0. The summed E-state index contributed by atoms with van der Waals surface area (Å²) in [5, 5.41) is 7.82. The number of hydroxylamine groups is 1. The summed E-state index contributed by atoms with van der Waals surface area (Å²) in [6.45, 7) is 47.0. The number of benzene rings is 2. The van der Waals surface area contributed by atoms with E-state index in [9.17, 15) is 18.4 Å². The molecule has 5 rings (SSSR count). The average molecular weight is 1140 g/mol. The highest BCUT2D eigenvalue weighted by molar-refractivity contribution is 5.94. The van der Waals surface area contributed by atoms with Crippen molar-refractivity contribution in [1.82, 2.24) is 20.5 Å². The number of allylic oxidation sites excluding steroid dienone is 5. The van der Waals surface area contributed by atoms with E-state index < -0.39 is 11.6 Å². The topological polar surface area (TPSA) is 90.0 Å². The molecule has 0 bridgehead atoms. The SMILES string of the molecule is C=C1C=C(NC)C=CN1c1ccnc(C)c1/C=C(\C)CC.CC.CC/C=C(\CCC)c1c(F)cc(C(C)=O)cc1F.CCCC(CCC)CN(CCC)C(C)CC.CCc1ccc2c(c1)C(C)(C)C(C)ON2C(CCC(C)C)C(=O)NC. The van der Waals surface area contributed by atoms with Crippen LogP contribution in [0.2, 0.25) is 0 Å². The van der Waals surface area contributed by atoms with Crippen molar-refractivity contribution < 1.29 is 23.2 Å². The molecule has 460 valence electrons. The number of likely N-dealkylation sites (N-methyl/N-ethyl adjacent to an activating group) is 2. The fourth-order valence-corrected chi connectivity index (χ4v) is 10.0. The number of nitrogens with one attached hydrogen (secondary N) is 2. The Hall–Kier alpha value is -5.39. The van der Waals surface area contributed by atoms with Gasteiger partial charge in [-0.1, -0.05) is 153 Å². The smallest absolute Gasteiger partial charge is 0.245 e. The number of aromatic nitrogens is 1. The van der Waals surface area contributed by atoms with Gasteiger partial charge in [0.05, 0.1) is 17.5 Å². The Bertz CT molecular complexity index is 2500. The number of hydrogen-bond donors (Lipinski definition) is 2. The lowest BCUT2D eigenvalue weighted by atomic mass is 9.77. The van der Waals surface area contributed by atoms with Crippen LogP contribution in [0, 0.1) is 30.4 Å². The Balaban J connectivity index is 0.000000549. The van der Waals surface area contributed by atoms with E-state index in [0.717, 1.165) is 96.6 Å². The number of halogens is 2. The summed E-state index contributed by atoms with van der Waals surface area (Å²) in [5.74, 6) is -0.168. The van der Waals surface area contributed by atoms with Crippen LogP contribution in [0.25, 0.3) is 11.6 Å². The Morgan fingerprint density at radius 1 is 0.878 bits per heavy atom. The molecule has 0 saturated heterocycles. The van der Waals surface area contributed by atoms with Crippen LogP contribution >= 0.6 is 0 Å². The summed E-state index contributed by atoms with van der Waals surface area (Å²) in [5.41, 5.74) is 10.9. The highest BCUT2D eigenvalue weighted by Gasteiger charge is 2.42. The van der Waals surface area contributed by atoms with E-state index in [1.54, 1.807) is 7.05 Å². The first-order chi connectivity index (χ1) is 39.0. The third-order valence-corrected chi connectivity index (χ3v) is 15.6. The third kappa shape index (κ3) is 23.0. The minimum absolute atomic E-state index is 0.00156. The summed E-state index contributed by atoms with van der Waals surface area (Å²) in [4.78, 5) is 39.2. The number of carbonyl (C=O) groups excluding carboxylic acids is 2. The zero-order valence-corrected chi connectivity index (χ0v) is 55.4. The zero-order valence-electron chi connectivity index (χ0n) is 55.4. The molecule has 0 aliphatic carbocycles. The van der Waals surface area contributed by atoms with Gasteiger partial charge in [0.2, 0.25) is 5.91 Å². The van der Waals surface area contributed by atoms with Crippen molar-refractivity contribution in [2.24, 2.45) is 11.8 Å². The number of ketones is 1. The van der Waals surface area contributed by atoms with E-state index in [0.29, 0.717) is 17.9 Å². The van der Waals surface area contributed by atoms with Crippen molar-refractivity contribution in [3.63, 3.8) is 0 Å². The van der Waals surface area contributed by atoms with Crippen LogP contribution in [-0.4, -0.2) is 66.9 Å². The zero-order chi connectivity index (χ0) is 62.3. The van der Waals surface area contributed by atoms with E-state index >= 15 is 0 Å². The Labute approximate surface area is 499 Å². The second-order valence-corrected chi connectivity index (χ2v) is 22.8. The van der Waals surface area contributed by atoms with Crippen molar-refractivity contribution >= 4 is 34.7 Å². The lowest BCUT2D eigenvalue weighted by Gasteiger charge is -2.46. The number of nitrogens with zero attached hydrogens (tertiary/aromatic N) is 4. The van der Waals surface area contributed by atoms with E-state index in [1.807, 2.05) is 83.4 Å². The van der Waals surface area contributed by atoms with Gasteiger partial charge in [-0.25, -0.2) is 13.8 Å². The molecule has 82 heavy (non-hydrogen) atoms. The van der Waals surface area contributed by atoms with Crippen LogP contribution in [0.1, 0.15) is 240 Å². The molecule has 11 heteroatoms. The predicted octanol–water partition coefficient (Wildman–Crippen LogP) is 18.9. The van der Waals surface area contributed by atoms with Crippen molar-refractivity contribution in [2.75, 3.05) is 37.1 Å². The maximum atomic E-state index is 13.9. The first kappa shape index (κ1) is 74.6. The molecule has 3 aromatic rings. The largest absolute Gasteiger partial charge is 0.388 e. The third-order valence-electron chi connectivity index (χ3n) is 15.6. The van der Waals surface area contributed by atoms with Gasteiger partial charge in [-0.05, 0) is 170 Å². The second-order valence-electron chi connectivity index (χ2n) is 22.8. The number of amides is 1. The fraction of sp³-hybridized carbons (Fsp3) is 0.592. The molecule has 0 fully saturated rings. The summed E-state index contributed by atoms with van der Waals surface area (Å²) >= 11 is 0. The molecular formula is C71H114F2N6O3. The standard InChI is InChI=1S/C21H34N2O2.C18H23N3.C15H18F2O.C15H33N.C2H6/c1-8-16-10-12-18-17(13-16)21(5,6)15(4)25-23(18)19(20(24)22-7)11-9-14(2)3;1-6-13(2)11-17-15(4)20-9-7-18(17)21-10-8-16(19-5)12-14(21)3;1-4-6-11(7-5-2)15-13(16)8-12(10(3)18)9-14(15)17;1-6-10-15(11-7-2)13-16(12-8-3)14(5)9-4;1-2/h10,12-15,19H,8-9,11H2,1-7H3,(H,22,24);7-12,19H,3,6H2,1-2,4-5H3;6,8-9H,4-5,7H2,1-3H3;14-15H,6-13H2,1-5H3;1-2H3/b;13-11+;11-6+;;. The molecule has 1 aromatic heterocycles. The number of carbonyl (C=O) groups is 2. The number of rotatable bonds is 25. The van der Waals surface area contributed by atoms with Gasteiger partial charge in [0, 0.05) is 78.3 Å². The van der Waals surface area contributed by atoms with Crippen LogP contribution < -0.4 is 20.6 Å². The highest BCUT2D eigenvalue weighted by atomic mass is 19.1. The highest BCUT2D eigenvalue weighted by Crippen LogP contribution is 2.43. The summed E-state index contributed by atoms with van der Waals surface area (Å²) in [6, 6.07) is 11.3. The van der Waals surface area contributed by atoms with E-state index in [-0.39, 0.29) is 40.4 Å². The van der Waals surface area contributed by atoms with E-state index in [2.05, 4.69) is 146 Å². The normalized spacial score (nSPS) is 15.4. The van der Waals surface area contributed by atoms with Gasteiger partial charge in [-0.15, -0.1) is 0 Å². The molecule has 0 radical (unpaired) electrons. The maximum Gasteiger partial charge on any atom is 0.245 e. The number of hydrogen-bond acceptors (Lipinski definition) is 8. The Morgan fingerprint density at radius 2 is 1.51 bits per heavy atom. The molecule has 0 spiro atoms. The number of fused-ring (bicyclic) bond motifs is 1. The molecule has 3 heterocycles. The molecule has 2 N–H and O–H groups in total. The monoisotopic (exact) mass is 1140 g/mol. The molecule has 1 amide bonds. The van der Waals surface area contributed by atoms with Gasteiger partial charge in [-0.2, -0.15) is 0 Å². The molecule has 2 aromatic carbocycles. The van der Waals surface area contributed by atoms with Crippen LogP contribution in [0.3, 0.4) is 0 Å². The second kappa shape index (κ2) is 39.2. The van der Waals surface area contributed by atoms with Crippen LogP contribution in [0.5, 0.6) is 0 Å². The Morgan fingerprint density at radius 3 is 2.00 bits per heavy atom. The minimum Gasteiger partial charge on any atom is -0.388 e. The lowest BCUT2D eigenvalue weighted by Crippen LogP contribution is -2.53. The van der Waals surface area contributed by atoms with E-state index in [1.165, 1.54) is 75.2 Å². The first-order valence-electron chi connectivity index (χ1n) is 31.4. The van der Waals surface area contributed by atoms with Gasteiger partial charge in [-0.3, -0.25) is 19.4 Å². The maximum absolute atomic E-state index is 13.9. The predicted molar refractivity (Wildman–Crippen MR) is 350 cm³/mol. The number of Topliss-reactive ketones (excluding diaryl/α,β-unsaturated/α-hetero) is 1. The molecule has 9 nitrogen and oxygen atoms in total. The van der Waals surface area contributed by atoms with E-state index in [4.69, 9.17) is 4.84 Å². The molecular weight excluding hydrogens is 1020 g/mol. The quantitative estimate of drug-likeness (QED) is 0.0811. The lowest BCUT2D eigenvalue weighted by molar-refractivity contribution is -0.126.